The van der Waals surface area contributed by atoms with E-state index in [0.717, 1.165) is 26.2 Å². The number of rotatable bonds is 7. The van der Waals surface area contributed by atoms with E-state index in [1.54, 1.807) is 36.4 Å². The summed E-state index contributed by atoms with van der Waals surface area (Å²) < 4.78 is 19.5. The quantitative estimate of drug-likeness (QED) is 0.660. The molecule has 1 heterocycles. The summed E-state index contributed by atoms with van der Waals surface area (Å²) in [5, 5.41) is 13.0. The Balaban J connectivity index is 1.40. The normalized spacial score (nSPS) is 15.9. The van der Waals surface area contributed by atoms with E-state index < -0.39 is 6.10 Å². The van der Waals surface area contributed by atoms with Crippen molar-refractivity contribution in [2.24, 2.45) is 0 Å². The summed E-state index contributed by atoms with van der Waals surface area (Å²) in [6.07, 6.45) is -0.579. The molecule has 2 aromatic carbocycles. The zero-order chi connectivity index (χ0) is 19.9. The molecule has 1 atom stereocenters. The molecule has 1 aliphatic heterocycles. The number of nitrogens with zero attached hydrogens (tertiary/aromatic N) is 1. The average molecular weight is 388 g/mol. The van der Waals surface area contributed by atoms with Crippen LogP contribution < -0.4 is 19.9 Å². The van der Waals surface area contributed by atoms with Gasteiger partial charge in [0.2, 0.25) is 5.91 Å². The first-order valence-electron chi connectivity index (χ1n) is 9.53. The minimum absolute atomic E-state index is 0.123. The SMILES string of the molecule is CC(=O)Nc1ccc(OC[C@@H](O)C[NH+]2CCN(c3ccccc3F)CC2)cc1. The molecular formula is C21H27FN3O3+. The number of para-hydroxylation sites is 1. The number of quaternary nitrogens is 1. The van der Waals surface area contributed by atoms with Crippen LogP contribution in [0.5, 0.6) is 5.75 Å². The second kappa shape index (κ2) is 9.52. The molecule has 3 rings (SSSR count). The summed E-state index contributed by atoms with van der Waals surface area (Å²) in [6.45, 7) is 5.46. The zero-order valence-corrected chi connectivity index (χ0v) is 16.0. The number of anilines is 2. The molecule has 1 fully saturated rings. The number of aliphatic hydroxyl groups is 1. The van der Waals surface area contributed by atoms with Crippen LogP contribution in [0.1, 0.15) is 6.92 Å². The van der Waals surface area contributed by atoms with Crippen molar-refractivity contribution in [3.05, 3.63) is 54.3 Å². The lowest BCUT2D eigenvalue weighted by atomic mass is 10.2. The van der Waals surface area contributed by atoms with Gasteiger partial charge in [-0.3, -0.25) is 4.79 Å². The molecule has 2 aromatic rings. The number of carbonyl (C=O) groups excluding carboxylic acids is 1. The van der Waals surface area contributed by atoms with Gasteiger partial charge in [0, 0.05) is 12.6 Å². The van der Waals surface area contributed by atoms with Gasteiger partial charge in [-0.25, -0.2) is 4.39 Å². The molecular weight excluding hydrogens is 361 g/mol. The van der Waals surface area contributed by atoms with Crippen molar-refractivity contribution in [2.45, 2.75) is 13.0 Å². The van der Waals surface area contributed by atoms with E-state index in [0.29, 0.717) is 23.7 Å². The van der Waals surface area contributed by atoms with E-state index in [9.17, 15) is 14.3 Å². The van der Waals surface area contributed by atoms with Crippen LogP contribution in [0, 0.1) is 5.82 Å². The molecule has 1 aliphatic rings. The van der Waals surface area contributed by atoms with Crippen molar-refractivity contribution in [2.75, 3.05) is 49.5 Å². The van der Waals surface area contributed by atoms with Crippen molar-refractivity contribution in [1.82, 2.24) is 0 Å². The summed E-state index contributed by atoms with van der Waals surface area (Å²) in [4.78, 5) is 14.4. The maximum Gasteiger partial charge on any atom is 0.221 e. The van der Waals surface area contributed by atoms with Crippen LogP contribution in [0.2, 0.25) is 0 Å². The third-order valence-corrected chi connectivity index (χ3v) is 4.81. The van der Waals surface area contributed by atoms with Gasteiger partial charge >= 0.3 is 0 Å². The van der Waals surface area contributed by atoms with Crippen LogP contribution in [0.15, 0.2) is 48.5 Å². The highest BCUT2D eigenvalue weighted by molar-refractivity contribution is 5.88. The zero-order valence-electron chi connectivity index (χ0n) is 16.0. The molecule has 0 aromatic heterocycles. The monoisotopic (exact) mass is 388 g/mol. The fourth-order valence-electron chi connectivity index (χ4n) is 3.40. The van der Waals surface area contributed by atoms with Crippen LogP contribution in [0.3, 0.4) is 0 Å². The Hall–Kier alpha value is -2.64. The lowest BCUT2D eigenvalue weighted by Crippen LogP contribution is -3.16. The largest absolute Gasteiger partial charge is 0.491 e. The van der Waals surface area contributed by atoms with Gasteiger partial charge in [-0.1, -0.05) is 12.1 Å². The number of carbonyl (C=O) groups is 1. The van der Waals surface area contributed by atoms with Crippen LogP contribution in [-0.4, -0.2) is 56.4 Å². The maximum absolute atomic E-state index is 13.9. The lowest BCUT2D eigenvalue weighted by Gasteiger charge is -2.34. The predicted octanol–water partition coefficient (Wildman–Crippen LogP) is 0.929. The smallest absolute Gasteiger partial charge is 0.221 e. The average Bonchev–Trinajstić information content (AvgIpc) is 2.68. The summed E-state index contributed by atoms with van der Waals surface area (Å²) in [5.74, 6) is 0.332. The van der Waals surface area contributed by atoms with Gasteiger partial charge in [0.1, 0.15) is 30.8 Å². The minimum atomic E-state index is -0.579. The second-order valence-corrected chi connectivity index (χ2v) is 7.06. The molecule has 7 heteroatoms. The Labute approximate surface area is 164 Å². The number of hydrogen-bond acceptors (Lipinski definition) is 4. The third-order valence-electron chi connectivity index (χ3n) is 4.81. The highest BCUT2D eigenvalue weighted by Crippen LogP contribution is 2.18. The van der Waals surface area contributed by atoms with E-state index in [-0.39, 0.29) is 18.3 Å². The number of benzene rings is 2. The first-order valence-corrected chi connectivity index (χ1v) is 9.53. The second-order valence-electron chi connectivity index (χ2n) is 7.06. The molecule has 6 nitrogen and oxygen atoms in total. The maximum atomic E-state index is 13.9. The minimum Gasteiger partial charge on any atom is -0.491 e. The summed E-state index contributed by atoms with van der Waals surface area (Å²) in [7, 11) is 0. The van der Waals surface area contributed by atoms with Crippen molar-refractivity contribution in [1.29, 1.82) is 0 Å². The van der Waals surface area contributed by atoms with Crippen molar-refractivity contribution in [3.63, 3.8) is 0 Å². The first-order chi connectivity index (χ1) is 13.5. The van der Waals surface area contributed by atoms with Gasteiger partial charge in [0.25, 0.3) is 0 Å². The predicted molar refractivity (Wildman–Crippen MR) is 106 cm³/mol. The van der Waals surface area contributed by atoms with Gasteiger partial charge in [-0.05, 0) is 36.4 Å². The van der Waals surface area contributed by atoms with Crippen LogP contribution >= 0.6 is 0 Å². The Morgan fingerprint density at radius 3 is 2.54 bits per heavy atom. The highest BCUT2D eigenvalue weighted by atomic mass is 19.1. The Kier molecular flexibility index (Phi) is 6.84. The molecule has 0 aliphatic carbocycles. The Bertz CT molecular complexity index is 777. The Morgan fingerprint density at radius 1 is 1.21 bits per heavy atom. The number of hydrogen-bond donors (Lipinski definition) is 3. The van der Waals surface area contributed by atoms with E-state index in [2.05, 4.69) is 10.2 Å². The first kappa shape index (κ1) is 20.1. The number of halogens is 1. The number of amides is 1. The molecule has 1 saturated heterocycles. The molecule has 3 N–H and O–H groups in total. The van der Waals surface area contributed by atoms with E-state index in [1.165, 1.54) is 17.9 Å². The van der Waals surface area contributed by atoms with Crippen LogP contribution in [0.4, 0.5) is 15.8 Å². The number of aliphatic hydroxyl groups excluding tert-OH is 1. The number of ether oxygens (including phenoxy) is 1. The molecule has 150 valence electrons. The van der Waals surface area contributed by atoms with Gasteiger partial charge < -0.3 is 25.0 Å². The van der Waals surface area contributed by atoms with Gasteiger partial charge in [-0.2, -0.15) is 0 Å². The van der Waals surface area contributed by atoms with Gasteiger partial charge in [0.05, 0.1) is 31.9 Å². The lowest BCUT2D eigenvalue weighted by molar-refractivity contribution is -0.903. The number of nitrogens with one attached hydrogen (secondary N) is 2. The highest BCUT2D eigenvalue weighted by Gasteiger charge is 2.24. The molecule has 0 unspecified atom stereocenters. The third kappa shape index (κ3) is 5.68. The molecule has 0 spiro atoms. The summed E-state index contributed by atoms with van der Waals surface area (Å²) in [5.41, 5.74) is 1.35. The van der Waals surface area contributed by atoms with Crippen molar-refractivity contribution in [3.8, 4) is 5.75 Å². The van der Waals surface area contributed by atoms with Gasteiger partial charge in [-0.15, -0.1) is 0 Å². The fourth-order valence-corrected chi connectivity index (χ4v) is 3.40. The topological polar surface area (TPSA) is 66.2 Å². The number of piperazine rings is 1. The van der Waals surface area contributed by atoms with Crippen LogP contribution in [0.25, 0.3) is 0 Å². The van der Waals surface area contributed by atoms with E-state index >= 15 is 0 Å². The van der Waals surface area contributed by atoms with Crippen molar-refractivity contribution < 1.29 is 23.9 Å². The molecule has 0 saturated carbocycles. The van der Waals surface area contributed by atoms with Crippen LogP contribution in [-0.2, 0) is 4.79 Å². The molecule has 0 radical (unpaired) electrons. The van der Waals surface area contributed by atoms with E-state index in [1.807, 2.05) is 6.07 Å². The summed E-state index contributed by atoms with van der Waals surface area (Å²) in [6, 6.07) is 13.9. The molecule has 28 heavy (non-hydrogen) atoms. The molecule has 1 amide bonds. The van der Waals surface area contributed by atoms with E-state index in [4.69, 9.17) is 4.74 Å². The Morgan fingerprint density at radius 2 is 1.89 bits per heavy atom. The standard InChI is InChI=1S/C21H26FN3O3/c1-16(26)23-17-6-8-19(9-7-17)28-15-18(27)14-24-10-12-25(13-11-24)21-5-3-2-4-20(21)22/h2-9,18,27H,10-15H2,1H3,(H,23,26)/p+1/t18-/m0/s1. The van der Waals surface area contributed by atoms with Crippen molar-refractivity contribution >= 4 is 17.3 Å². The fraction of sp³-hybridized carbons (Fsp3) is 0.381. The van der Waals surface area contributed by atoms with Gasteiger partial charge in [0.15, 0.2) is 0 Å². The summed E-state index contributed by atoms with van der Waals surface area (Å²) >= 11 is 0. The molecule has 0 bridgehead atoms.